The molecule has 0 aromatic heterocycles. The van der Waals surface area contributed by atoms with Crippen LogP contribution in [0.3, 0.4) is 0 Å². The maximum Gasteiger partial charge on any atom is 0.133 e. The van der Waals surface area contributed by atoms with Crippen LogP contribution in [0.2, 0.25) is 0 Å². The summed E-state index contributed by atoms with van der Waals surface area (Å²) in [6.07, 6.45) is 3.25. The molecule has 2 nitrogen and oxygen atoms in total. The monoisotopic (exact) mass is 280 g/mol. The Bertz CT molecular complexity index is 468. The van der Waals surface area contributed by atoms with E-state index in [2.05, 4.69) is 16.8 Å². The van der Waals surface area contributed by atoms with E-state index >= 15 is 0 Å². The molecule has 1 saturated heterocycles. The van der Waals surface area contributed by atoms with Gasteiger partial charge < -0.3 is 5.32 Å². The molecule has 1 aromatic carbocycles. The number of rotatable bonds is 5. The van der Waals surface area contributed by atoms with Gasteiger partial charge in [-0.3, -0.25) is 4.90 Å². The standard InChI is InChI=1S/C16H22F2N2/c1-3-4-5-14(20-10-8-19-9-11-20)15-13(17)7-6-12(2)16(15)18/h3,6-7,14,19H,1,4-5,8-11H2,2H3/t14-/m1/s1. The first-order chi connectivity index (χ1) is 9.65. The van der Waals surface area contributed by atoms with E-state index in [1.807, 2.05) is 0 Å². The molecule has 4 heteroatoms. The van der Waals surface area contributed by atoms with E-state index in [4.69, 9.17) is 0 Å². The summed E-state index contributed by atoms with van der Waals surface area (Å²) in [5, 5.41) is 3.27. The van der Waals surface area contributed by atoms with E-state index < -0.39 is 11.6 Å². The molecule has 20 heavy (non-hydrogen) atoms. The van der Waals surface area contributed by atoms with Gasteiger partial charge in [0.15, 0.2) is 0 Å². The highest BCUT2D eigenvalue weighted by molar-refractivity contribution is 5.29. The number of nitrogens with zero attached hydrogens (tertiary/aromatic N) is 1. The van der Waals surface area contributed by atoms with E-state index in [-0.39, 0.29) is 11.6 Å². The molecule has 2 rings (SSSR count). The number of piperazine rings is 1. The third-order valence-electron chi connectivity index (χ3n) is 3.89. The Morgan fingerprint density at radius 1 is 1.35 bits per heavy atom. The van der Waals surface area contributed by atoms with Gasteiger partial charge in [-0.05, 0) is 31.4 Å². The van der Waals surface area contributed by atoms with Gasteiger partial charge in [0, 0.05) is 37.8 Å². The highest BCUT2D eigenvalue weighted by Gasteiger charge is 2.27. The van der Waals surface area contributed by atoms with Gasteiger partial charge in [-0.1, -0.05) is 12.1 Å². The Labute approximate surface area is 119 Å². The van der Waals surface area contributed by atoms with Crippen LogP contribution >= 0.6 is 0 Å². The van der Waals surface area contributed by atoms with Crippen LogP contribution in [0.4, 0.5) is 8.78 Å². The van der Waals surface area contributed by atoms with Crippen LogP contribution in [0.1, 0.15) is 30.0 Å². The van der Waals surface area contributed by atoms with Crippen molar-refractivity contribution in [2.24, 2.45) is 0 Å². The van der Waals surface area contributed by atoms with E-state index in [1.165, 1.54) is 12.1 Å². The summed E-state index contributed by atoms with van der Waals surface area (Å²) in [5.74, 6) is -0.849. The second-order valence-electron chi connectivity index (χ2n) is 5.26. The van der Waals surface area contributed by atoms with Crippen molar-refractivity contribution in [3.05, 3.63) is 47.5 Å². The molecular formula is C16H22F2N2. The van der Waals surface area contributed by atoms with Gasteiger partial charge >= 0.3 is 0 Å². The predicted octanol–water partition coefficient (Wildman–Crippen LogP) is 3.19. The van der Waals surface area contributed by atoms with Gasteiger partial charge in [-0.2, -0.15) is 0 Å². The fourth-order valence-corrected chi connectivity index (χ4v) is 2.76. The Balaban J connectivity index is 2.34. The summed E-state index contributed by atoms with van der Waals surface area (Å²) >= 11 is 0. The van der Waals surface area contributed by atoms with Crippen molar-refractivity contribution >= 4 is 0 Å². The van der Waals surface area contributed by atoms with Crippen molar-refractivity contribution in [1.82, 2.24) is 10.2 Å². The molecule has 1 fully saturated rings. The summed E-state index contributed by atoms with van der Waals surface area (Å²) in [4.78, 5) is 2.17. The molecule has 110 valence electrons. The minimum absolute atomic E-state index is 0.213. The number of benzene rings is 1. The lowest BCUT2D eigenvalue weighted by molar-refractivity contribution is 0.159. The maximum atomic E-state index is 14.4. The normalized spacial score (nSPS) is 17.9. The topological polar surface area (TPSA) is 15.3 Å². The number of halogens is 2. The van der Waals surface area contributed by atoms with Gasteiger partial charge in [0.1, 0.15) is 11.6 Å². The second-order valence-corrected chi connectivity index (χ2v) is 5.26. The van der Waals surface area contributed by atoms with E-state index in [0.717, 1.165) is 32.6 Å². The quantitative estimate of drug-likeness (QED) is 0.833. The highest BCUT2D eigenvalue weighted by atomic mass is 19.1. The molecule has 1 aliphatic heterocycles. The Hall–Kier alpha value is -1.26. The molecule has 1 heterocycles. The van der Waals surface area contributed by atoms with Crippen molar-refractivity contribution in [3.63, 3.8) is 0 Å². The predicted molar refractivity (Wildman–Crippen MR) is 77.7 cm³/mol. The SMILES string of the molecule is C=CCC[C@H](c1c(F)ccc(C)c1F)N1CCNCC1. The number of aryl methyl sites for hydroxylation is 1. The van der Waals surface area contributed by atoms with E-state index in [1.54, 1.807) is 13.0 Å². The number of allylic oxidation sites excluding steroid dienone is 1. The lowest BCUT2D eigenvalue weighted by atomic mass is 9.96. The lowest BCUT2D eigenvalue weighted by Gasteiger charge is -2.35. The summed E-state index contributed by atoms with van der Waals surface area (Å²) in [7, 11) is 0. The third-order valence-corrected chi connectivity index (χ3v) is 3.89. The summed E-state index contributed by atoms with van der Waals surface area (Å²) in [6, 6.07) is 2.66. The highest BCUT2D eigenvalue weighted by Crippen LogP contribution is 2.31. The summed E-state index contributed by atoms with van der Waals surface area (Å²) in [5.41, 5.74) is 0.717. The zero-order chi connectivity index (χ0) is 14.5. The molecule has 0 saturated carbocycles. The smallest absolute Gasteiger partial charge is 0.133 e. The molecule has 0 spiro atoms. The molecule has 1 aromatic rings. The van der Waals surface area contributed by atoms with Gasteiger partial charge in [0.2, 0.25) is 0 Å². The molecule has 0 bridgehead atoms. The van der Waals surface area contributed by atoms with Gasteiger partial charge in [-0.15, -0.1) is 6.58 Å². The number of hydrogen-bond donors (Lipinski definition) is 1. The van der Waals surface area contributed by atoms with Crippen molar-refractivity contribution < 1.29 is 8.78 Å². The third kappa shape index (κ3) is 3.25. The van der Waals surface area contributed by atoms with Crippen LogP contribution in [0.25, 0.3) is 0 Å². The molecule has 0 radical (unpaired) electrons. The van der Waals surface area contributed by atoms with Crippen LogP contribution < -0.4 is 5.32 Å². The van der Waals surface area contributed by atoms with Gasteiger partial charge in [0.05, 0.1) is 0 Å². The van der Waals surface area contributed by atoms with Crippen molar-refractivity contribution in [1.29, 1.82) is 0 Å². The first kappa shape index (κ1) is 15.1. The largest absolute Gasteiger partial charge is 0.314 e. The fourth-order valence-electron chi connectivity index (χ4n) is 2.76. The minimum atomic E-state index is -0.444. The molecular weight excluding hydrogens is 258 g/mol. The van der Waals surface area contributed by atoms with Crippen LogP contribution in [0, 0.1) is 18.6 Å². The van der Waals surface area contributed by atoms with Gasteiger partial charge in [0.25, 0.3) is 0 Å². The molecule has 1 atom stereocenters. The van der Waals surface area contributed by atoms with Crippen molar-refractivity contribution in [3.8, 4) is 0 Å². The van der Waals surface area contributed by atoms with Crippen molar-refractivity contribution in [2.75, 3.05) is 26.2 Å². The first-order valence-electron chi connectivity index (χ1n) is 7.15. The molecule has 0 unspecified atom stereocenters. The van der Waals surface area contributed by atoms with Crippen LogP contribution in [0.15, 0.2) is 24.8 Å². The molecule has 1 aliphatic rings. The second kappa shape index (κ2) is 6.95. The average Bonchev–Trinajstić information content (AvgIpc) is 2.47. The Morgan fingerprint density at radius 3 is 2.70 bits per heavy atom. The van der Waals surface area contributed by atoms with E-state index in [0.29, 0.717) is 12.0 Å². The molecule has 0 amide bonds. The van der Waals surface area contributed by atoms with Crippen LogP contribution in [0.5, 0.6) is 0 Å². The molecule has 1 N–H and O–H groups in total. The minimum Gasteiger partial charge on any atom is -0.314 e. The van der Waals surface area contributed by atoms with Crippen LogP contribution in [-0.2, 0) is 0 Å². The van der Waals surface area contributed by atoms with Crippen molar-refractivity contribution in [2.45, 2.75) is 25.8 Å². The van der Waals surface area contributed by atoms with Gasteiger partial charge in [-0.25, -0.2) is 8.78 Å². The van der Waals surface area contributed by atoms with E-state index in [9.17, 15) is 8.78 Å². The lowest BCUT2D eigenvalue weighted by Crippen LogP contribution is -2.45. The zero-order valence-electron chi connectivity index (χ0n) is 12.0. The number of nitrogens with one attached hydrogen (secondary N) is 1. The average molecular weight is 280 g/mol. The number of hydrogen-bond acceptors (Lipinski definition) is 2. The summed E-state index contributed by atoms with van der Waals surface area (Å²) < 4.78 is 28.5. The van der Waals surface area contributed by atoms with Crippen LogP contribution in [-0.4, -0.2) is 31.1 Å². The Kier molecular flexibility index (Phi) is 5.26. The Morgan fingerprint density at radius 2 is 2.05 bits per heavy atom. The molecule has 0 aliphatic carbocycles. The first-order valence-corrected chi connectivity index (χ1v) is 7.15. The maximum absolute atomic E-state index is 14.4. The zero-order valence-corrected chi connectivity index (χ0v) is 12.0. The summed E-state index contributed by atoms with van der Waals surface area (Å²) in [6.45, 7) is 8.75. The fraction of sp³-hybridized carbons (Fsp3) is 0.500.